The molecule has 0 atom stereocenters. The molecule has 0 unspecified atom stereocenters. The number of anilines is 2. The number of hydrogen-bond acceptors (Lipinski definition) is 5. The smallest absolute Gasteiger partial charge is 0.275 e. The molecule has 1 fully saturated rings. The summed E-state index contributed by atoms with van der Waals surface area (Å²) < 4.78 is 0. The summed E-state index contributed by atoms with van der Waals surface area (Å²) in [6, 6.07) is 10.1. The van der Waals surface area contributed by atoms with Crippen LogP contribution in [0.2, 0.25) is 0 Å². The molecule has 1 aromatic carbocycles. The van der Waals surface area contributed by atoms with Crippen molar-refractivity contribution in [3.63, 3.8) is 0 Å². The van der Waals surface area contributed by atoms with Crippen LogP contribution in [0.1, 0.15) is 34.5 Å². The lowest BCUT2D eigenvalue weighted by atomic mass is 10.1. The fourth-order valence-corrected chi connectivity index (χ4v) is 4.23. The first-order chi connectivity index (χ1) is 13.1. The number of hydrogen-bond donors (Lipinski definition) is 1. The van der Waals surface area contributed by atoms with Gasteiger partial charge in [0.2, 0.25) is 0 Å². The molecule has 138 valence electrons. The van der Waals surface area contributed by atoms with Crippen LogP contribution in [0.15, 0.2) is 41.9 Å². The van der Waals surface area contributed by atoms with E-state index in [1.165, 1.54) is 29.7 Å². The first kappa shape index (κ1) is 17.7. The fourth-order valence-electron chi connectivity index (χ4n) is 3.34. The van der Waals surface area contributed by atoms with Gasteiger partial charge in [0.15, 0.2) is 0 Å². The van der Waals surface area contributed by atoms with Gasteiger partial charge in [0.1, 0.15) is 16.5 Å². The number of aromatic nitrogens is 2. The van der Waals surface area contributed by atoms with Gasteiger partial charge in [-0.2, -0.15) is 0 Å². The van der Waals surface area contributed by atoms with Crippen LogP contribution in [-0.4, -0.2) is 29.0 Å². The van der Waals surface area contributed by atoms with Gasteiger partial charge in [-0.05, 0) is 44.4 Å². The van der Waals surface area contributed by atoms with E-state index >= 15 is 0 Å². The third-order valence-electron chi connectivity index (χ3n) is 4.78. The quantitative estimate of drug-likeness (QED) is 0.716. The van der Waals surface area contributed by atoms with Crippen LogP contribution in [0.5, 0.6) is 0 Å². The summed E-state index contributed by atoms with van der Waals surface area (Å²) in [4.78, 5) is 23.8. The SMILES string of the molecule is Cc1ccc(-c2nc(C(=O)Nc3ccc(N4CCCC4)nc3)cs2)c(C)c1. The summed E-state index contributed by atoms with van der Waals surface area (Å²) in [7, 11) is 0. The number of benzene rings is 1. The maximum atomic E-state index is 12.5. The molecule has 1 aliphatic rings. The van der Waals surface area contributed by atoms with Gasteiger partial charge in [-0.25, -0.2) is 9.97 Å². The van der Waals surface area contributed by atoms with Crippen LogP contribution < -0.4 is 10.2 Å². The number of amides is 1. The minimum Gasteiger partial charge on any atom is -0.357 e. The second-order valence-electron chi connectivity index (χ2n) is 6.91. The Labute approximate surface area is 163 Å². The Kier molecular flexibility index (Phi) is 4.90. The van der Waals surface area contributed by atoms with Crippen molar-refractivity contribution in [2.24, 2.45) is 0 Å². The number of rotatable bonds is 4. The zero-order valence-electron chi connectivity index (χ0n) is 15.5. The molecule has 3 heterocycles. The van der Waals surface area contributed by atoms with Crippen molar-refractivity contribution in [1.29, 1.82) is 0 Å². The molecule has 3 aromatic rings. The second-order valence-corrected chi connectivity index (χ2v) is 7.77. The van der Waals surface area contributed by atoms with E-state index in [1.54, 1.807) is 11.6 Å². The van der Waals surface area contributed by atoms with Gasteiger partial charge in [-0.1, -0.05) is 23.8 Å². The van der Waals surface area contributed by atoms with Crippen molar-refractivity contribution in [3.8, 4) is 10.6 Å². The van der Waals surface area contributed by atoms with E-state index in [9.17, 15) is 4.79 Å². The highest BCUT2D eigenvalue weighted by Crippen LogP contribution is 2.28. The second kappa shape index (κ2) is 7.48. The number of carbonyl (C=O) groups excluding carboxylic acids is 1. The van der Waals surface area contributed by atoms with Crippen LogP contribution in [0.4, 0.5) is 11.5 Å². The molecule has 6 heteroatoms. The Morgan fingerprint density at radius 1 is 1.15 bits per heavy atom. The Bertz CT molecular complexity index is 959. The standard InChI is InChI=1S/C21H22N4OS/c1-14-5-7-17(15(2)11-14)21-24-18(13-27-21)20(26)23-16-6-8-19(22-12-16)25-9-3-4-10-25/h5-8,11-13H,3-4,9-10H2,1-2H3,(H,23,26). The van der Waals surface area contributed by atoms with Crippen LogP contribution in [0, 0.1) is 13.8 Å². The van der Waals surface area contributed by atoms with Crippen LogP contribution in [-0.2, 0) is 0 Å². The molecule has 4 rings (SSSR count). The summed E-state index contributed by atoms with van der Waals surface area (Å²) in [5, 5.41) is 5.55. The Balaban J connectivity index is 1.46. The molecule has 0 aliphatic carbocycles. The van der Waals surface area contributed by atoms with Crippen LogP contribution in [0.25, 0.3) is 10.6 Å². The minimum atomic E-state index is -0.210. The van der Waals surface area contributed by atoms with Gasteiger partial charge in [-0.15, -0.1) is 11.3 Å². The van der Waals surface area contributed by atoms with Crippen molar-refractivity contribution in [3.05, 3.63) is 58.7 Å². The molecule has 27 heavy (non-hydrogen) atoms. The van der Waals surface area contributed by atoms with Gasteiger partial charge in [0.25, 0.3) is 5.91 Å². The summed E-state index contributed by atoms with van der Waals surface area (Å²) in [5.41, 5.74) is 4.57. The highest BCUT2D eigenvalue weighted by atomic mass is 32.1. The zero-order chi connectivity index (χ0) is 18.8. The molecule has 0 saturated carbocycles. The molecule has 2 aromatic heterocycles. The topological polar surface area (TPSA) is 58.1 Å². The van der Waals surface area contributed by atoms with E-state index in [4.69, 9.17) is 0 Å². The van der Waals surface area contributed by atoms with Gasteiger partial charge in [0.05, 0.1) is 11.9 Å². The minimum absolute atomic E-state index is 0.210. The lowest BCUT2D eigenvalue weighted by molar-refractivity contribution is 0.102. The number of thiazole rings is 1. The number of carbonyl (C=O) groups is 1. The van der Waals surface area contributed by atoms with Gasteiger partial charge in [-0.3, -0.25) is 4.79 Å². The average molecular weight is 379 g/mol. The number of nitrogens with zero attached hydrogens (tertiary/aromatic N) is 3. The fraction of sp³-hybridized carbons (Fsp3) is 0.286. The van der Waals surface area contributed by atoms with E-state index in [0.29, 0.717) is 11.4 Å². The molecule has 1 aliphatic heterocycles. The summed E-state index contributed by atoms with van der Waals surface area (Å²) >= 11 is 1.49. The predicted molar refractivity (Wildman–Crippen MR) is 111 cm³/mol. The molecule has 0 bridgehead atoms. The molecular weight excluding hydrogens is 356 g/mol. The van der Waals surface area contributed by atoms with Crippen molar-refractivity contribution < 1.29 is 4.79 Å². The Morgan fingerprint density at radius 2 is 1.96 bits per heavy atom. The van der Waals surface area contributed by atoms with Gasteiger partial charge >= 0.3 is 0 Å². The lowest BCUT2D eigenvalue weighted by Gasteiger charge is -2.16. The Morgan fingerprint density at radius 3 is 2.67 bits per heavy atom. The third-order valence-corrected chi connectivity index (χ3v) is 5.66. The maximum Gasteiger partial charge on any atom is 0.275 e. The highest BCUT2D eigenvalue weighted by molar-refractivity contribution is 7.13. The molecular formula is C21H22N4OS. The van der Waals surface area contributed by atoms with E-state index in [0.717, 1.165) is 35.0 Å². The normalized spacial score (nSPS) is 13.8. The van der Waals surface area contributed by atoms with Crippen molar-refractivity contribution in [2.75, 3.05) is 23.3 Å². The van der Waals surface area contributed by atoms with Crippen molar-refractivity contribution in [1.82, 2.24) is 9.97 Å². The summed E-state index contributed by atoms with van der Waals surface area (Å²) in [6.07, 6.45) is 4.14. The monoisotopic (exact) mass is 378 g/mol. The predicted octanol–water partition coefficient (Wildman–Crippen LogP) is 4.67. The van der Waals surface area contributed by atoms with E-state index in [1.807, 2.05) is 12.1 Å². The lowest BCUT2D eigenvalue weighted by Crippen LogP contribution is -2.19. The first-order valence-electron chi connectivity index (χ1n) is 9.16. The molecule has 1 amide bonds. The molecule has 0 radical (unpaired) electrons. The molecule has 5 nitrogen and oxygen atoms in total. The van der Waals surface area contributed by atoms with Gasteiger partial charge in [0, 0.05) is 24.0 Å². The number of aryl methyl sites for hydroxylation is 2. The van der Waals surface area contributed by atoms with Crippen LogP contribution in [0.3, 0.4) is 0 Å². The first-order valence-corrected chi connectivity index (χ1v) is 10.0. The average Bonchev–Trinajstić information content (AvgIpc) is 3.34. The zero-order valence-corrected chi connectivity index (χ0v) is 16.3. The van der Waals surface area contributed by atoms with Crippen LogP contribution >= 0.6 is 11.3 Å². The van der Waals surface area contributed by atoms with E-state index < -0.39 is 0 Å². The Hall–Kier alpha value is -2.73. The van der Waals surface area contributed by atoms with Gasteiger partial charge < -0.3 is 10.2 Å². The summed E-state index contributed by atoms with van der Waals surface area (Å²) in [6.45, 7) is 6.25. The maximum absolute atomic E-state index is 12.5. The van der Waals surface area contributed by atoms with Crippen molar-refractivity contribution >= 4 is 28.7 Å². The molecule has 0 spiro atoms. The molecule has 1 N–H and O–H groups in total. The highest BCUT2D eigenvalue weighted by Gasteiger charge is 2.15. The molecule has 1 saturated heterocycles. The third kappa shape index (κ3) is 3.85. The largest absolute Gasteiger partial charge is 0.357 e. The van der Waals surface area contributed by atoms with E-state index in [2.05, 4.69) is 52.2 Å². The number of nitrogens with one attached hydrogen (secondary N) is 1. The summed E-state index contributed by atoms with van der Waals surface area (Å²) in [5.74, 6) is 0.759. The number of pyridine rings is 1. The van der Waals surface area contributed by atoms with E-state index in [-0.39, 0.29) is 5.91 Å². The van der Waals surface area contributed by atoms with Crippen molar-refractivity contribution in [2.45, 2.75) is 26.7 Å².